The van der Waals surface area contributed by atoms with Crippen LogP contribution in [0.1, 0.15) is 28.8 Å². The van der Waals surface area contributed by atoms with Gasteiger partial charge in [0, 0.05) is 18.9 Å². The summed E-state index contributed by atoms with van der Waals surface area (Å²) < 4.78 is 12.1. The number of carbonyl (C=O) groups excluding carboxylic acids is 1. The first-order valence-electron chi connectivity index (χ1n) is 8.53. The maximum Gasteiger partial charge on any atom is 0.255 e. The number of hydrogen-bond donors (Lipinski definition) is 0. The molecule has 1 saturated carbocycles. The lowest BCUT2D eigenvalue weighted by Crippen LogP contribution is -2.46. The van der Waals surface area contributed by atoms with Crippen molar-refractivity contribution in [1.29, 1.82) is 0 Å². The minimum Gasteiger partial charge on any atom is -0.374 e. The van der Waals surface area contributed by atoms with Crippen LogP contribution in [0.3, 0.4) is 0 Å². The molecule has 0 radical (unpaired) electrons. The molecule has 1 saturated heterocycles. The van der Waals surface area contributed by atoms with Gasteiger partial charge in [-0.1, -0.05) is 6.07 Å². The number of pyridine rings is 1. The number of nitrogens with zero attached hydrogens (tertiary/aromatic N) is 4. The number of hydrogen-bond acceptors (Lipinski definition) is 6. The fraction of sp³-hybridized carbons (Fsp3) is 0.444. The van der Waals surface area contributed by atoms with E-state index >= 15 is 0 Å². The molecule has 2 bridgehead atoms. The minimum absolute atomic E-state index is 0.0184. The van der Waals surface area contributed by atoms with Crippen molar-refractivity contribution in [2.45, 2.75) is 37.7 Å². The Balaban J connectivity index is 1.51. The van der Waals surface area contributed by atoms with Crippen molar-refractivity contribution in [2.24, 2.45) is 0 Å². The summed E-state index contributed by atoms with van der Waals surface area (Å²) in [6.45, 7) is 1.56. The van der Waals surface area contributed by atoms with Crippen molar-refractivity contribution in [3.05, 3.63) is 54.1 Å². The molecular weight excluding hydrogens is 320 g/mol. The Morgan fingerprint density at radius 2 is 2.20 bits per heavy atom. The normalized spacial score (nSPS) is 25.6. The quantitative estimate of drug-likeness (QED) is 0.839. The Hall–Kier alpha value is -2.38. The first-order chi connectivity index (χ1) is 12.3. The van der Waals surface area contributed by atoms with Crippen LogP contribution in [-0.4, -0.2) is 57.4 Å². The number of fused-ring (bicyclic) bond motifs is 2. The van der Waals surface area contributed by atoms with E-state index in [4.69, 9.17) is 9.47 Å². The third-order valence-electron chi connectivity index (χ3n) is 4.81. The molecule has 25 heavy (non-hydrogen) atoms. The molecule has 7 heteroatoms. The van der Waals surface area contributed by atoms with Gasteiger partial charge in [0.1, 0.15) is 6.10 Å². The molecule has 0 aromatic carbocycles. The van der Waals surface area contributed by atoms with Crippen LogP contribution < -0.4 is 0 Å². The molecule has 2 aliphatic rings. The second-order valence-corrected chi connectivity index (χ2v) is 6.32. The molecule has 3 heterocycles. The third-order valence-corrected chi connectivity index (χ3v) is 4.81. The van der Waals surface area contributed by atoms with Gasteiger partial charge in [0.25, 0.3) is 5.91 Å². The van der Waals surface area contributed by atoms with Gasteiger partial charge in [-0.25, -0.2) is 0 Å². The van der Waals surface area contributed by atoms with Crippen LogP contribution in [0.4, 0.5) is 0 Å². The van der Waals surface area contributed by atoms with E-state index in [2.05, 4.69) is 15.2 Å². The highest BCUT2D eigenvalue weighted by Crippen LogP contribution is 2.33. The van der Waals surface area contributed by atoms with Gasteiger partial charge < -0.3 is 14.4 Å². The number of amides is 1. The molecule has 4 rings (SSSR count). The molecule has 3 atom stereocenters. The summed E-state index contributed by atoms with van der Waals surface area (Å²) in [6, 6.07) is 5.59. The van der Waals surface area contributed by atoms with E-state index in [0.717, 1.165) is 18.4 Å². The molecule has 2 aromatic rings. The van der Waals surface area contributed by atoms with Crippen LogP contribution in [0.5, 0.6) is 0 Å². The molecule has 0 N–H and O–H groups in total. The molecular formula is C18H20N4O3. The second-order valence-electron chi connectivity index (χ2n) is 6.32. The SMILES string of the molecule is O=C(c1ccnnc1)N1CCO[C@H]2CC[C@H]1[C@@H]2OCc1cccnc1. The molecule has 0 spiro atoms. The van der Waals surface area contributed by atoms with E-state index in [0.29, 0.717) is 25.3 Å². The van der Waals surface area contributed by atoms with E-state index < -0.39 is 0 Å². The Morgan fingerprint density at radius 3 is 3.00 bits per heavy atom. The number of carbonyl (C=O) groups is 1. The molecule has 1 amide bonds. The van der Waals surface area contributed by atoms with Gasteiger partial charge in [-0.15, -0.1) is 0 Å². The number of aromatic nitrogens is 3. The van der Waals surface area contributed by atoms with Crippen LogP contribution in [-0.2, 0) is 16.1 Å². The topological polar surface area (TPSA) is 77.4 Å². The Labute approximate surface area is 146 Å². The van der Waals surface area contributed by atoms with E-state index in [1.54, 1.807) is 18.5 Å². The van der Waals surface area contributed by atoms with E-state index in [9.17, 15) is 4.79 Å². The van der Waals surface area contributed by atoms with Crippen molar-refractivity contribution in [3.8, 4) is 0 Å². The Morgan fingerprint density at radius 1 is 1.24 bits per heavy atom. The molecule has 7 nitrogen and oxygen atoms in total. The lowest BCUT2D eigenvalue weighted by Gasteiger charge is -2.31. The zero-order valence-electron chi connectivity index (χ0n) is 13.8. The van der Waals surface area contributed by atoms with Crippen LogP contribution in [0.2, 0.25) is 0 Å². The molecule has 1 aliphatic carbocycles. The standard InChI is InChI=1S/C18H20N4O3/c23-18(14-5-7-20-21-11-14)22-8-9-24-16-4-3-15(22)17(16)25-12-13-2-1-6-19-10-13/h1-2,5-7,10-11,15-17H,3-4,8-9,12H2/t15-,16-,17-/m0/s1. The van der Waals surface area contributed by atoms with Crippen LogP contribution >= 0.6 is 0 Å². The molecule has 0 unspecified atom stereocenters. The summed E-state index contributed by atoms with van der Waals surface area (Å²) in [5, 5.41) is 7.55. The Bertz CT molecular complexity index is 713. The summed E-state index contributed by atoms with van der Waals surface area (Å²) in [6.07, 6.45) is 8.28. The van der Waals surface area contributed by atoms with Crippen molar-refractivity contribution in [2.75, 3.05) is 13.2 Å². The van der Waals surface area contributed by atoms with Crippen molar-refractivity contribution in [1.82, 2.24) is 20.1 Å². The minimum atomic E-state index is -0.124. The average Bonchev–Trinajstić information content (AvgIpc) is 2.96. The first-order valence-corrected chi connectivity index (χ1v) is 8.53. The third kappa shape index (κ3) is 3.38. The van der Waals surface area contributed by atoms with Crippen LogP contribution in [0.25, 0.3) is 0 Å². The highest BCUT2D eigenvalue weighted by atomic mass is 16.5. The lowest BCUT2D eigenvalue weighted by atomic mass is 10.1. The predicted octanol–water partition coefficient (Wildman–Crippen LogP) is 1.46. The predicted molar refractivity (Wildman–Crippen MR) is 88.6 cm³/mol. The average molecular weight is 340 g/mol. The molecule has 130 valence electrons. The zero-order valence-corrected chi connectivity index (χ0v) is 13.8. The Kier molecular flexibility index (Phi) is 4.67. The van der Waals surface area contributed by atoms with Gasteiger partial charge >= 0.3 is 0 Å². The fourth-order valence-electron chi connectivity index (χ4n) is 3.62. The van der Waals surface area contributed by atoms with Crippen molar-refractivity contribution >= 4 is 5.91 Å². The maximum absolute atomic E-state index is 12.9. The van der Waals surface area contributed by atoms with Gasteiger partial charge in [0.15, 0.2) is 0 Å². The van der Waals surface area contributed by atoms with Crippen LogP contribution in [0, 0.1) is 0 Å². The van der Waals surface area contributed by atoms with E-state index in [1.807, 2.05) is 17.0 Å². The summed E-state index contributed by atoms with van der Waals surface area (Å²) in [4.78, 5) is 18.9. The van der Waals surface area contributed by atoms with Gasteiger partial charge in [-0.2, -0.15) is 10.2 Å². The number of rotatable bonds is 4. The summed E-state index contributed by atoms with van der Waals surface area (Å²) in [5.41, 5.74) is 1.56. The van der Waals surface area contributed by atoms with Crippen molar-refractivity contribution in [3.63, 3.8) is 0 Å². The van der Waals surface area contributed by atoms with Crippen LogP contribution in [0.15, 0.2) is 43.0 Å². The monoisotopic (exact) mass is 340 g/mol. The van der Waals surface area contributed by atoms with Gasteiger partial charge in [-0.3, -0.25) is 9.78 Å². The first kappa shape index (κ1) is 16.1. The largest absolute Gasteiger partial charge is 0.374 e. The van der Waals surface area contributed by atoms with Crippen molar-refractivity contribution < 1.29 is 14.3 Å². The number of ether oxygens (including phenoxy) is 2. The lowest BCUT2D eigenvalue weighted by molar-refractivity contribution is -0.0598. The zero-order chi connectivity index (χ0) is 17.1. The second kappa shape index (κ2) is 7.25. The smallest absolute Gasteiger partial charge is 0.255 e. The highest BCUT2D eigenvalue weighted by Gasteiger charge is 2.44. The maximum atomic E-state index is 12.9. The summed E-state index contributed by atoms with van der Waals surface area (Å²) in [5.74, 6) is -0.0407. The molecule has 2 fully saturated rings. The van der Waals surface area contributed by atoms with E-state index in [-0.39, 0.29) is 24.2 Å². The highest BCUT2D eigenvalue weighted by molar-refractivity contribution is 5.94. The summed E-state index contributed by atoms with van der Waals surface area (Å²) in [7, 11) is 0. The van der Waals surface area contributed by atoms with E-state index in [1.165, 1.54) is 12.4 Å². The van der Waals surface area contributed by atoms with Gasteiger partial charge in [0.2, 0.25) is 0 Å². The van der Waals surface area contributed by atoms with Gasteiger partial charge in [0.05, 0.1) is 43.3 Å². The van der Waals surface area contributed by atoms with Gasteiger partial charge in [-0.05, 0) is 30.5 Å². The molecule has 1 aliphatic heterocycles. The summed E-state index contributed by atoms with van der Waals surface area (Å²) >= 11 is 0. The fourth-order valence-corrected chi connectivity index (χ4v) is 3.62. The molecule has 2 aromatic heterocycles.